The number of carbonyl (C=O) groups excluding carboxylic acids is 1. The monoisotopic (exact) mass is 1010 g/mol. The third-order valence-electron chi connectivity index (χ3n) is 13.4. The predicted molar refractivity (Wildman–Crippen MR) is 281 cm³/mol. The Morgan fingerprint density at radius 1 is 0.507 bits per heavy atom. The molecule has 412 valence electrons. The fraction of sp³-hybridized carbons (Fsp3) is 0.807. The number of hydrogen-bond donors (Lipinski definition) is 9. The SMILES string of the molecule is CCCCCC/C=C/CC/C=C/CC/C=C/C(O)C(COC1OC(CO)C(OC2OC(CO)C(O)C(O)C2O)C(O)C1O)NC(=O)CCCCCCCCCCCCC/C=C\C/C=C\CCCCCCC. The third-order valence-corrected chi connectivity index (χ3v) is 13.4. The normalized spacial score (nSPS) is 26.2. The van der Waals surface area contributed by atoms with Gasteiger partial charge in [-0.3, -0.25) is 4.79 Å². The van der Waals surface area contributed by atoms with Crippen LogP contribution in [0, 0.1) is 0 Å². The van der Waals surface area contributed by atoms with Crippen molar-refractivity contribution in [1.82, 2.24) is 5.32 Å². The van der Waals surface area contributed by atoms with Crippen LogP contribution in [0.5, 0.6) is 0 Å². The second-order valence-corrected chi connectivity index (χ2v) is 19.7. The van der Waals surface area contributed by atoms with E-state index in [2.05, 4.69) is 67.8 Å². The molecule has 14 nitrogen and oxygen atoms in total. The van der Waals surface area contributed by atoms with Crippen LogP contribution in [0.2, 0.25) is 0 Å². The lowest BCUT2D eigenvalue weighted by atomic mass is 9.97. The highest BCUT2D eigenvalue weighted by molar-refractivity contribution is 5.76. The summed E-state index contributed by atoms with van der Waals surface area (Å²) in [6.45, 7) is 2.72. The van der Waals surface area contributed by atoms with E-state index in [1.807, 2.05) is 6.08 Å². The summed E-state index contributed by atoms with van der Waals surface area (Å²) in [5.74, 6) is -0.258. The smallest absolute Gasteiger partial charge is 0.220 e. The van der Waals surface area contributed by atoms with Gasteiger partial charge in [0.1, 0.15) is 48.8 Å². The summed E-state index contributed by atoms with van der Waals surface area (Å²) in [5.41, 5.74) is 0. The molecule has 2 rings (SSSR count). The average molecular weight is 1010 g/mol. The third kappa shape index (κ3) is 29.4. The second-order valence-electron chi connectivity index (χ2n) is 19.7. The molecule has 12 atom stereocenters. The maximum absolute atomic E-state index is 13.2. The largest absolute Gasteiger partial charge is 0.394 e. The topological polar surface area (TPSA) is 228 Å². The zero-order valence-electron chi connectivity index (χ0n) is 43.9. The molecule has 2 fully saturated rings. The standard InChI is InChI=1S/C57H101NO13/c1-3-5-7-9-11-13-15-17-19-20-21-22-23-24-25-26-27-29-31-33-35-37-39-41-49(62)58-45(46(61)40-38-36-34-32-30-28-18-16-14-12-10-8-6-4-2)44-68-56-54(67)52(65)55(48(43-60)70-56)71-57-53(66)51(64)50(63)47(42-59)69-57/h14-17,20-21,30,32,38,40,45-48,50-57,59-61,63-67H,3-13,18-19,22-29,31,33-37,39,41-44H2,1-2H3,(H,58,62)/b16-14+,17-15-,21-20-,32-30+,40-38+. The van der Waals surface area contributed by atoms with Crippen LogP contribution in [-0.4, -0.2) is 140 Å². The first-order valence-electron chi connectivity index (χ1n) is 28.0. The van der Waals surface area contributed by atoms with Gasteiger partial charge in [0, 0.05) is 6.42 Å². The fourth-order valence-corrected chi connectivity index (χ4v) is 8.82. The molecular formula is C57H101NO13. The minimum atomic E-state index is -1.79. The van der Waals surface area contributed by atoms with Gasteiger partial charge in [0.05, 0.1) is 32.0 Å². The maximum atomic E-state index is 13.2. The van der Waals surface area contributed by atoms with Crippen LogP contribution in [-0.2, 0) is 23.7 Å². The van der Waals surface area contributed by atoms with E-state index in [0.717, 1.165) is 51.4 Å². The molecule has 0 aromatic rings. The lowest BCUT2D eigenvalue weighted by molar-refractivity contribution is -0.359. The lowest BCUT2D eigenvalue weighted by Crippen LogP contribution is -2.65. The van der Waals surface area contributed by atoms with Crippen molar-refractivity contribution in [3.63, 3.8) is 0 Å². The number of aliphatic hydroxyl groups is 8. The Morgan fingerprint density at radius 3 is 1.48 bits per heavy atom. The minimum Gasteiger partial charge on any atom is -0.394 e. The van der Waals surface area contributed by atoms with E-state index in [4.69, 9.17) is 18.9 Å². The van der Waals surface area contributed by atoms with Gasteiger partial charge in [-0.15, -0.1) is 0 Å². The van der Waals surface area contributed by atoms with Crippen LogP contribution >= 0.6 is 0 Å². The highest BCUT2D eigenvalue weighted by Crippen LogP contribution is 2.30. The Kier molecular flexibility index (Phi) is 39.2. The molecule has 1 amide bonds. The van der Waals surface area contributed by atoms with Gasteiger partial charge in [-0.05, 0) is 77.0 Å². The van der Waals surface area contributed by atoms with Gasteiger partial charge in [-0.1, -0.05) is 177 Å². The molecule has 2 heterocycles. The van der Waals surface area contributed by atoms with Crippen molar-refractivity contribution in [3.05, 3.63) is 60.8 Å². The molecule has 0 bridgehead atoms. The number of nitrogens with one attached hydrogen (secondary N) is 1. The number of carbonyl (C=O) groups is 1. The molecule has 0 spiro atoms. The maximum Gasteiger partial charge on any atom is 0.220 e. The predicted octanol–water partition coefficient (Wildman–Crippen LogP) is 8.61. The first kappa shape index (κ1) is 64.8. The number of ether oxygens (including phenoxy) is 4. The number of aliphatic hydroxyl groups excluding tert-OH is 8. The molecule has 0 radical (unpaired) electrons. The lowest BCUT2D eigenvalue weighted by Gasteiger charge is -2.46. The van der Waals surface area contributed by atoms with Crippen LogP contribution < -0.4 is 5.32 Å². The van der Waals surface area contributed by atoms with E-state index in [1.54, 1.807) is 6.08 Å². The van der Waals surface area contributed by atoms with Crippen molar-refractivity contribution in [2.45, 2.75) is 274 Å². The Bertz CT molecular complexity index is 1420. The molecule has 2 aliphatic rings. The van der Waals surface area contributed by atoms with Crippen molar-refractivity contribution in [1.29, 1.82) is 0 Å². The Labute approximate surface area is 428 Å². The summed E-state index contributed by atoms with van der Waals surface area (Å²) in [6, 6.07) is -0.940. The highest BCUT2D eigenvalue weighted by Gasteiger charge is 2.51. The van der Waals surface area contributed by atoms with Gasteiger partial charge < -0.3 is 65.1 Å². The van der Waals surface area contributed by atoms with E-state index < -0.39 is 86.8 Å². The molecule has 71 heavy (non-hydrogen) atoms. The molecule has 0 aromatic carbocycles. The fourth-order valence-electron chi connectivity index (χ4n) is 8.82. The van der Waals surface area contributed by atoms with E-state index >= 15 is 0 Å². The van der Waals surface area contributed by atoms with Crippen molar-refractivity contribution in [3.8, 4) is 0 Å². The highest BCUT2D eigenvalue weighted by atomic mass is 16.7. The minimum absolute atomic E-state index is 0.258. The molecule has 0 aliphatic carbocycles. The van der Waals surface area contributed by atoms with Crippen LogP contribution in [0.25, 0.3) is 0 Å². The zero-order chi connectivity index (χ0) is 51.7. The number of amides is 1. The number of allylic oxidation sites excluding steroid dienone is 9. The van der Waals surface area contributed by atoms with Crippen molar-refractivity contribution in [2.24, 2.45) is 0 Å². The summed E-state index contributed by atoms with van der Waals surface area (Å²) in [6.07, 6.45) is 36.9. The summed E-state index contributed by atoms with van der Waals surface area (Å²) in [5, 5.41) is 86.9. The zero-order valence-corrected chi connectivity index (χ0v) is 43.9. The van der Waals surface area contributed by atoms with Gasteiger partial charge in [0.25, 0.3) is 0 Å². The van der Waals surface area contributed by atoms with Crippen molar-refractivity contribution >= 4 is 5.91 Å². The van der Waals surface area contributed by atoms with Crippen LogP contribution in [0.1, 0.15) is 200 Å². The number of unbranched alkanes of at least 4 members (excludes halogenated alkanes) is 22. The Morgan fingerprint density at radius 2 is 0.944 bits per heavy atom. The summed E-state index contributed by atoms with van der Waals surface area (Å²) in [4.78, 5) is 13.2. The molecule has 14 heteroatoms. The van der Waals surface area contributed by atoms with Crippen LogP contribution in [0.15, 0.2) is 60.8 Å². The van der Waals surface area contributed by atoms with Gasteiger partial charge in [-0.25, -0.2) is 0 Å². The van der Waals surface area contributed by atoms with E-state index in [0.29, 0.717) is 12.8 Å². The second kappa shape index (κ2) is 43.0. The van der Waals surface area contributed by atoms with E-state index in [-0.39, 0.29) is 18.9 Å². The Hall–Kier alpha value is -2.31. The first-order valence-corrected chi connectivity index (χ1v) is 28.0. The molecule has 0 aromatic heterocycles. The first-order chi connectivity index (χ1) is 34.6. The molecule has 2 aliphatic heterocycles. The van der Waals surface area contributed by atoms with Crippen LogP contribution in [0.4, 0.5) is 0 Å². The van der Waals surface area contributed by atoms with Crippen molar-refractivity contribution < 1.29 is 64.6 Å². The number of hydrogen-bond acceptors (Lipinski definition) is 13. The molecule has 0 saturated carbocycles. The van der Waals surface area contributed by atoms with Crippen LogP contribution in [0.3, 0.4) is 0 Å². The van der Waals surface area contributed by atoms with Crippen molar-refractivity contribution in [2.75, 3.05) is 19.8 Å². The molecular weight excluding hydrogens is 907 g/mol. The van der Waals surface area contributed by atoms with Gasteiger partial charge in [0.2, 0.25) is 5.91 Å². The molecule has 2 saturated heterocycles. The summed E-state index contributed by atoms with van der Waals surface area (Å²) in [7, 11) is 0. The average Bonchev–Trinajstić information content (AvgIpc) is 3.37. The summed E-state index contributed by atoms with van der Waals surface area (Å²) >= 11 is 0. The Balaban J connectivity index is 1.79. The van der Waals surface area contributed by atoms with Gasteiger partial charge in [-0.2, -0.15) is 0 Å². The molecule has 9 N–H and O–H groups in total. The van der Waals surface area contributed by atoms with Gasteiger partial charge >= 0.3 is 0 Å². The van der Waals surface area contributed by atoms with Gasteiger partial charge in [0.15, 0.2) is 12.6 Å². The molecule has 12 unspecified atom stereocenters. The van der Waals surface area contributed by atoms with E-state index in [1.165, 1.54) is 116 Å². The number of rotatable bonds is 43. The van der Waals surface area contributed by atoms with E-state index in [9.17, 15) is 45.6 Å². The quantitative estimate of drug-likeness (QED) is 0.0206. The summed E-state index contributed by atoms with van der Waals surface area (Å²) < 4.78 is 22.7.